The molecule has 0 aliphatic heterocycles. The molecular weight excluding hydrogens is 250 g/mol. The SMILES string of the molecule is CC(Br)CC(Br)CN=O. The summed E-state index contributed by atoms with van der Waals surface area (Å²) in [5.74, 6) is 0. The molecule has 0 heterocycles. The van der Waals surface area contributed by atoms with Crippen LogP contribution in [0.25, 0.3) is 0 Å². The molecule has 0 bridgehead atoms. The summed E-state index contributed by atoms with van der Waals surface area (Å²) in [6.07, 6.45) is 0.936. The normalized spacial score (nSPS) is 16.8. The van der Waals surface area contributed by atoms with Gasteiger partial charge in [0, 0.05) is 9.65 Å². The number of rotatable bonds is 4. The number of alkyl halides is 2. The molecular formula is C5H9Br2NO. The Morgan fingerprint density at radius 2 is 2.11 bits per heavy atom. The zero-order valence-corrected chi connectivity index (χ0v) is 8.35. The lowest BCUT2D eigenvalue weighted by Gasteiger charge is -2.05. The van der Waals surface area contributed by atoms with Gasteiger partial charge < -0.3 is 0 Å². The Labute approximate surface area is 71.6 Å². The number of hydrogen-bond acceptors (Lipinski definition) is 2. The summed E-state index contributed by atoms with van der Waals surface area (Å²) in [5, 5.41) is 2.77. The van der Waals surface area contributed by atoms with E-state index in [1.54, 1.807) is 0 Å². The van der Waals surface area contributed by atoms with Gasteiger partial charge in [0.1, 0.15) is 0 Å². The standard InChI is InChI=1S/C5H9Br2NO/c1-4(6)2-5(7)3-8-9/h4-5H,2-3H2,1H3. The van der Waals surface area contributed by atoms with Gasteiger partial charge in [0.15, 0.2) is 0 Å². The summed E-state index contributed by atoms with van der Waals surface area (Å²) in [5.41, 5.74) is 0. The fourth-order valence-electron chi connectivity index (χ4n) is 0.508. The van der Waals surface area contributed by atoms with Gasteiger partial charge in [-0.3, -0.25) is 0 Å². The molecule has 0 aliphatic rings. The molecule has 2 atom stereocenters. The predicted octanol–water partition coefficient (Wildman–Crippen LogP) is 2.69. The fourth-order valence-corrected chi connectivity index (χ4v) is 2.14. The predicted molar refractivity (Wildman–Crippen MR) is 46.4 cm³/mol. The van der Waals surface area contributed by atoms with Crippen LogP contribution in [0.3, 0.4) is 0 Å². The van der Waals surface area contributed by atoms with E-state index in [4.69, 9.17) is 0 Å². The third-order valence-corrected chi connectivity index (χ3v) is 1.89. The van der Waals surface area contributed by atoms with Gasteiger partial charge in [-0.05, 0) is 6.42 Å². The van der Waals surface area contributed by atoms with E-state index in [1.807, 2.05) is 6.92 Å². The van der Waals surface area contributed by atoms with Gasteiger partial charge in [-0.25, -0.2) is 0 Å². The first-order chi connectivity index (χ1) is 4.16. The Hall–Kier alpha value is 0.560. The molecule has 4 heteroatoms. The maximum atomic E-state index is 9.70. The van der Waals surface area contributed by atoms with Crippen LogP contribution in [0.4, 0.5) is 0 Å². The molecule has 2 unspecified atom stereocenters. The molecule has 0 saturated heterocycles. The van der Waals surface area contributed by atoms with Crippen molar-refractivity contribution in [2.45, 2.75) is 23.0 Å². The molecule has 0 aliphatic carbocycles. The summed E-state index contributed by atoms with van der Waals surface area (Å²) >= 11 is 6.69. The summed E-state index contributed by atoms with van der Waals surface area (Å²) in [6.45, 7) is 2.40. The van der Waals surface area contributed by atoms with Crippen molar-refractivity contribution in [3.05, 3.63) is 4.91 Å². The molecule has 0 aromatic heterocycles. The van der Waals surface area contributed by atoms with Crippen molar-refractivity contribution >= 4 is 31.9 Å². The molecule has 0 aromatic rings. The van der Waals surface area contributed by atoms with E-state index in [-0.39, 0.29) is 4.83 Å². The van der Waals surface area contributed by atoms with Crippen LogP contribution in [0.15, 0.2) is 5.18 Å². The highest BCUT2D eigenvalue weighted by Gasteiger charge is 2.06. The van der Waals surface area contributed by atoms with Gasteiger partial charge in [0.25, 0.3) is 0 Å². The first-order valence-corrected chi connectivity index (χ1v) is 4.57. The molecule has 0 amide bonds. The maximum absolute atomic E-state index is 9.70. The number of halogens is 2. The van der Waals surface area contributed by atoms with Gasteiger partial charge in [-0.15, -0.1) is 0 Å². The van der Waals surface area contributed by atoms with Crippen LogP contribution in [0.1, 0.15) is 13.3 Å². The van der Waals surface area contributed by atoms with Crippen LogP contribution >= 0.6 is 31.9 Å². The second-order valence-corrected chi connectivity index (χ2v) is 4.78. The molecule has 9 heavy (non-hydrogen) atoms. The zero-order valence-electron chi connectivity index (χ0n) is 5.18. The Morgan fingerprint density at radius 1 is 1.56 bits per heavy atom. The Balaban J connectivity index is 3.25. The molecule has 0 fully saturated rings. The average molecular weight is 259 g/mol. The second-order valence-electron chi connectivity index (χ2n) is 1.93. The smallest absolute Gasteiger partial charge is 0.0936 e. The zero-order chi connectivity index (χ0) is 7.28. The van der Waals surface area contributed by atoms with Crippen molar-refractivity contribution in [3.8, 4) is 0 Å². The molecule has 0 rings (SSSR count). The molecule has 0 spiro atoms. The van der Waals surface area contributed by atoms with Crippen LogP contribution in [-0.2, 0) is 0 Å². The maximum Gasteiger partial charge on any atom is 0.0936 e. The summed E-state index contributed by atoms with van der Waals surface area (Å²) in [7, 11) is 0. The van der Waals surface area contributed by atoms with Crippen molar-refractivity contribution in [3.63, 3.8) is 0 Å². The second kappa shape index (κ2) is 5.35. The minimum atomic E-state index is 0.226. The van der Waals surface area contributed by atoms with Crippen molar-refractivity contribution in [2.24, 2.45) is 5.18 Å². The lowest BCUT2D eigenvalue weighted by Crippen LogP contribution is -2.07. The largest absolute Gasteiger partial charge is 0.151 e. The highest BCUT2D eigenvalue weighted by Crippen LogP contribution is 2.13. The van der Waals surface area contributed by atoms with E-state index < -0.39 is 0 Å². The Morgan fingerprint density at radius 3 is 2.44 bits per heavy atom. The lowest BCUT2D eigenvalue weighted by atomic mass is 10.2. The van der Waals surface area contributed by atoms with Crippen LogP contribution in [0.5, 0.6) is 0 Å². The van der Waals surface area contributed by atoms with Gasteiger partial charge in [0.05, 0.1) is 6.54 Å². The fraction of sp³-hybridized carbons (Fsp3) is 1.00. The molecule has 0 radical (unpaired) electrons. The van der Waals surface area contributed by atoms with Gasteiger partial charge in [0.2, 0.25) is 0 Å². The summed E-state index contributed by atoms with van der Waals surface area (Å²) < 4.78 is 0. The topological polar surface area (TPSA) is 29.4 Å². The summed E-state index contributed by atoms with van der Waals surface area (Å²) in [4.78, 5) is 10.4. The van der Waals surface area contributed by atoms with Crippen molar-refractivity contribution in [1.82, 2.24) is 0 Å². The van der Waals surface area contributed by atoms with E-state index in [0.717, 1.165) is 6.42 Å². The molecule has 0 N–H and O–H groups in total. The number of nitroso groups, excluding NO2 is 1. The lowest BCUT2D eigenvalue weighted by molar-refractivity contribution is 0.772. The molecule has 0 aromatic carbocycles. The van der Waals surface area contributed by atoms with Crippen molar-refractivity contribution in [1.29, 1.82) is 0 Å². The van der Waals surface area contributed by atoms with Gasteiger partial charge >= 0.3 is 0 Å². The quantitative estimate of drug-likeness (QED) is 0.563. The monoisotopic (exact) mass is 257 g/mol. The van der Waals surface area contributed by atoms with E-state index in [9.17, 15) is 4.91 Å². The molecule has 0 saturated carbocycles. The first kappa shape index (κ1) is 9.56. The third-order valence-electron chi connectivity index (χ3n) is 0.853. The van der Waals surface area contributed by atoms with E-state index >= 15 is 0 Å². The van der Waals surface area contributed by atoms with E-state index in [0.29, 0.717) is 11.4 Å². The highest BCUT2D eigenvalue weighted by molar-refractivity contribution is 9.10. The first-order valence-electron chi connectivity index (χ1n) is 2.74. The number of hydrogen-bond donors (Lipinski definition) is 0. The van der Waals surface area contributed by atoms with Crippen molar-refractivity contribution < 1.29 is 0 Å². The van der Waals surface area contributed by atoms with Gasteiger partial charge in [-0.2, -0.15) is 4.91 Å². The van der Waals surface area contributed by atoms with Crippen LogP contribution < -0.4 is 0 Å². The van der Waals surface area contributed by atoms with E-state index in [2.05, 4.69) is 37.0 Å². The minimum Gasteiger partial charge on any atom is -0.151 e. The summed E-state index contributed by atoms with van der Waals surface area (Å²) in [6, 6.07) is 0. The molecule has 54 valence electrons. The van der Waals surface area contributed by atoms with E-state index in [1.165, 1.54) is 0 Å². The van der Waals surface area contributed by atoms with Crippen LogP contribution in [-0.4, -0.2) is 16.2 Å². The Bertz CT molecular complexity index is 87.0. The number of nitrogens with zero attached hydrogens (tertiary/aromatic N) is 1. The minimum absolute atomic E-state index is 0.226. The van der Waals surface area contributed by atoms with Crippen LogP contribution in [0, 0.1) is 4.91 Å². The van der Waals surface area contributed by atoms with Crippen LogP contribution in [0.2, 0.25) is 0 Å². The average Bonchev–Trinajstić information content (AvgIpc) is 1.63. The molecule has 2 nitrogen and oxygen atoms in total. The van der Waals surface area contributed by atoms with Gasteiger partial charge in [-0.1, -0.05) is 44.0 Å². The Kier molecular flexibility index (Phi) is 5.69. The highest BCUT2D eigenvalue weighted by atomic mass is 79.9. The van der Waals surface area contributed by atoms with Crippen molar-refractivity contribution in [2.75, 3.05) is 6.54 Å². The third kappa shape index (κ3) is 6.45.